The van der Waals surface area contributed by atoms with E-state index in [9.17, 15) is 4.79 Å². The summed E-state index contributed by atoms with van der Waals surface area (Å²) in [6.45, 7) is 5.27. The predicted octanol–water partition coefficient (Wildman–Crippen LogP) is 4.97. The van der Waals surface area contributed by atoms with Gasteiger partial charge in [0.15, 0.2) is 10.9 Å². The van der Waals surface area contributed by atoms with Crippen LogP contribution in [0, 0.1) is 0 Å². The fourth-order valence-corrected chi connectivity index (χ4v) is 3.31. The molecule has 0 fully saturated rings. The SMILES string of the molecule is Br.CCOc1ccc(C(=O)CNc2nc3c(OCC)cccc3s2)cc1. The van der Waals surface area contributed by atoms with E-state index in [1.165, 1.54) is 11.3 Å². The summed E-state index contributed by atoms with van der Waals surface area (Å²) in [5, 5.41) is 3.82. The molecule has 7 heteroatoms. The maximum atomic E-state index is 12.3. The number of thiazole rings is 1. The number of carbonyl (C=O) groups excluding carboxylic acids is 1. The van der Waals surface area contributed by atoms with E-state index in [0.29, 0.717) is 23.9 Å². The fraction of sp³-hybridized carbons (Fsp3) is 0.263. The van der Waals surface area contributed by atoms with E-state index in [-0.39, 0.29) is 29.3 Å². The zero-order valence-electron chi connectivity index (χ0n) is 14.7. The third kappa shape index (κ3) is 4.74. The molecule has 0 saturated carbocycles. The minimum atomic E-state index is 0. The lowest BCUT2D eigenvalue weighted by molar-refractivity contribution is 0.101. The second-order valence-electron chi connectivity index (χ2n) is 5.29. The molecule has 0 amide bonds. The number of ketones is 1. The highest BCUT2D eigenvalue weighted by molar-refractivity contribution is 8.93. The van der Waals surface area contributed by atoms with Gasteiger partial charge in [0, 0.05) is 5.56 Å². The van der Waals surface area contributed by atoms with Gasteiger partial charge >= 0.3 is 0 Å². The quantitative estimate of drug-likeness (QED) is 0.505. The smallest absolute Gasteiger partial charge is 0.184 e. The largest absolute Gasteiger partial charge is 0.494 e. The van der Waals surface area contributed by atoms with Crippen LogP contribution in [0.5, 0.6) is 11.5 Å². The monoisotopic (exact) mass is 436 g/mol. The molecule has 0 unspecified atom stereocenters. The van der Waals surface area contributed by atoms with Crippen molar-refractivity contribution in [3.8, 4) is 11.5 Å². The molecule has 0 saturated heterocycles. The Labute approximate surface area is 167 Å². The predicted molar refractivity (Wildman–Crippen MR) is 112 cm³/mol. The minimum Gasteiger partial charge on any atom is -0.494 e. The lowest BCUT2D eigenvalue weighted by Gasteiger charge is -2.05. The Morgan fingerprint density at radius 2 is 1.81 bits per heavy atom. The number of carbonyl (C=O) groups is 1. The van der Waals surface area contributed by atoms with Gasteiger partial charge in [-0.25, -0.2) is 4.98 Å². The summed E-state index contributed by atoms with van der Waals surface area (Å²) >= 11 is 1.51. The molecule has 1 N–H and O–H groups in total. The first-order valence-electron chi connectivity index (χ1n) is 8.23. The van der Waals surface area contributed by atoms with Crippen molar-refractivity contribution in [1.82, 2.24) is 4.98 Å². The minimum absolute atomic E-state index is 0. The Bertz CT molecular complexity index is 865. The number of ether oxygens (including phenoxy) is 2. The van der Waals surface area contributed by atoms with Crippen LogP contribution in [0.4, 0.5) is 5.13 Å². The summed E-state index contributed by atoms with van der Waals surface area (Å²) in [6, 6.07) is 13.0. The summed E-state index contributed by atoms with van der Waals surface area (Å²) in [6.07, 6.45) is 0. The van der Waals surface area contributed by atoms with Gasteiger partial charge in [-0.1, -0.05) is 17.4 Å². The summed E-state index contributed by atoms with van der Waals surface area (Å²) in [5.74, 6) is 1.54. The maximum Gasteiger partial charge on any atom is 0.184 e. The Balaban J connectivity index is 0.00000243. The molecule has 3 aromatic rings. The van der Waals surface area contributed by atoms with Crippen LogP contribution in [0.25, 0.3) is 10.2 Å². The van der Waals surface area contributed by atoms with Gasteiger partial charge in [0.2, 0.25) is 0 Å². The molecule has 3 rings (SSSR count). The summed E-state index contributed by atoms with van der Waals surface area (Å²) in [4.78, 5) is 16.9. The number of fused-ring (bicyclic) bond motifs is 1. The summed E-state index contributed by atoms with van der Waals surface area (Å²) < 4.78 is 12.0. The molecule has 0 radical (unpaired) electrons. The number of hydrogen-bond donors (Lipinski definition) is 1. The van der Waals surface area contributed by atoms with E-state index in [1.54, 1.807) is 12.1 Å². The zero-order valence-corrected chi connectivity index (χ0v) is 17.2. The number of nitrogens with zero attached hydrogens (tertiary/aromatic N) is 1. The second-order valence-corrected chi connectivity index (χ2v) is 6.32. The molecular weight excluding hydrogens is 416 g/mol. The average Bonchev–Trinajstić information content (AvgIpc) is 3.05. The number of para-hydroxylation sites is 1. The molecule has 0 atom stereocenters. The fourth-order valence-electron chi connectivity index (χ4n) is 2.43. The first kappa shape index (κ1) is 20.2. The Kier molecular flexibility index (Phi) is 7.41. The molecule has 0 aliphatic carbocycles. The van der Waals surface area contributed by atoms with E-state index in [2.05, 4.69) is 10.3 Å². The number of aromatic nitrogens is 1. The van der Waals surface area contributed by atoms with Crippen molar-refractivity contribution >= 4 is 49.4 Å². The van der Waals surface area contributed by atoms with Crippen molar-refractivity contribution in [3.63, 3.8) is 0 Å². The molecule has 26 heavy (non-hydrogen) atoms. The molecule has 0 bridgehead atoms. The number of halogens is 1. The third-order valence-corrected chi connectivity index (χ3v) is 4.55. The van der Waals surface area contributed by atoms with E-state index in [0.717, 1.165) is 21.7 Å². The van der Waals surface area contributed by atoms with Crippen molar-refractivity contribution in [3.05, 3.63) is 48.0 Å². The first-order valence-corrected chi connectivity index (χ1v) is 9.05. The molecule has 0 aliphatic heterocycles. The first-order chi connectivity index (χ1) is 12.2. The normalized spacial score (nSPS) is 10.2. The van der Waals surface area contributed by atoms with Gasteiger partial charge in [-0.05, 0) is 50.2 Å². The maximum absolute atomic E-state index is 12.3. The highest BCUT2D eigenvalue weighted by Gasteiger charge is 2.11. The van der Waals surface area contributed by atoms with Crippen LogP contribution in [0.1, 0.15) is 24.2 Å². The van der Waals surface area contributed by atoms with E-state index >= 15 is 0 Å². The lowest BCUT2D eigenvalue weighted by atomic mass is 10.1. The Morgan fingerprint density at radius 3 is 2.50 bits per heavy atom. The molecule has 1 aromatic heterocycles. The number of anilines is 1. The standard InChI is InChI=1S/C19H20N2O3S.BrH/c1-3-23-14-10-8-13(9-11-14)15(22)12-20-19-21-18-16(24-4-2)6-5-7-17(18)25-19;/h5-11H,3-4,12H2,1-2H3,(H,20,21);1H. The van der Waals surface area contributed by atoms with Crippen LogP contribution in [0.3, 0.4) is 0 Å². The molecule has 5 nitrogen and oxygen atoms in total. The van der Waals surface area contributed by atoms with Crippen molar-refractivity contribution in [1.29, 1.82) is 0 Å². The third-order valence-electron chi connectivity index (χ3n) is 3.57. The van der Waals surface area contributed by atoms with Crippen LogP contribution < -0.4 is 14.8 Å². The van der Waals surface area contributed by atoms with Gasteiger partial charge in [0.05, 0.1) is 24.5 Å². The highest BCUT2D eigenvalue weighted by atomic mass is 79.9. The van der Waals surface area contributed by atoms with E-state index in [4.69, 9.17) is 9.47 Å². The van der Waals surface area contributed by atoms with Gasteiger partial charge in [-0.2, -0.15) is 0 Å². The Morgan fingerprint density at radius 1 is 1.08 bits per heavy atom. The van der Waals surface area contributed by atoms with Crippen LogP contribution in [0.2, 0.25) is 0 Å². The van der Waals surface area contributed by atoms with Crippen LogP contribution >= 0.6 is 28.3 Å². The van der Waals surface area contributed by atoms with E-state index < -0.39 is 0 Å². The number of benzene rings is 2. The number of rotatable bonds is 8. The van der Waals surface area contributed by atoms with Crippen LogP contribution in [0.15, 0.2) is 42.5 Å². The van der Waals surface area contributed by atoms with Crippen LogP contribution in [-0.2, 0) is 0 Å². The molecular formula is C19H21BrN2O3S. The molecule has 2 aromatic carbocycles. The molecule has 0 spiro atoms. The van der Waals surface area contributed by atoms with Crippen molar-refractivity contribution in [2.45, 2.75) is 13.8 Å². The Hall–Kier alpha value is -2.12. The second kappa shape index (κ2) is 9.54. The molecule has 0 aliphatic rings. The van der Waals surface area contributed by atoms with Crippen molar-refractivity contribution in [2.75, 3.05) is 25.1 Å². The number of Topliss-reactive ketones (excluding diaryl/α,β-unsaturated/α-hetero) is 1. The lowest BCUT2D eigenvalue weighted by Crippen LogP contribution is -2.13. The van der Waals surface area contributed by atoms with Crippen LogP contribution in [-0.4, -0.2) is 30.5 Å². The number of hydrogen-bond acceptors (Lipinski definition) is 6. The highest BCUT2D eigenvalue weighted by Crippen LogP contribution is 2.32. The van der Waals surface area contributed by atoms with Gasteiger partial charge in [0.25, 0.3) is 0 Å². The van der Waals surface area contributed by atoms with Gasteiger partial charge in [0.1, 0.15) is 17.0 Å². The average molecular weight is 437 g/mol. The van der Waals surface area contributed by atoms with Gasteiger partial charge < -0.3 is 14.8 Å². The van der Waals surface area contributed by atoms with Gasteiger partial charge in [-0.3, -0.25) is 4.79 Å². The molecule has 1 heterocycles. The summed E-state index contributed by atoms with van der Waals surface area (Å²) in [5.41, 5.74) is 1.47. The zero-order chi connectivity index (χ0) is 17.6. The van der Waals surface area contributed by atoms with Gasteiger partial charge in [-0.15, -0.1) is 17.0 Å². The van der Waals surface area contributed by atoms with Crippen molar-refractivity contribution < 1.29 is 14.3 Å². The topological polar surface area (TPSA) is 60.5 Å². The van der Waals surface area contributed by atoms with Crippen molar-refractivity contribution in [2.24, 2.45) is 0 Å². The summed E-state index contributed by atoms with van der Waals surface area (Å²) in [7, 11) is 0. The number of nitrogens with one attached hydrogen (secondary N) is 1. The molecule has 138 valence electrons. The van der Waals surface area contributed by atoms with E-state index in [1.807, 2.05) is 44.2 Å².